The van der Waals surface area contributed by atoms with Crippen molar-refractivity contribution in [2.24, 2.45) is 0 Å². The van der Waals surface area contributed by atoms with Crippen LogP contribution in [-0.2, 0) is 4.57 Å². The Morgan fingerprint density at radius 1 is 1.67 bits per heavy atom. The fraction of sp³-hybridized carbons (Fsp3) is 1.00. The van der Waals surface area contributed by atoms with Crippen LogP contribution in [0.1, 0.15) is 6.92 Å². The van der Waals surface area contributed by atoms with Gasteiger partial charge in [0.2, 0.25) is 0 Å². The average molecular weight is 164 g/mol. The zero-order valence-electron chi connectivity index (χ0n) is 5.53. The van der Waals surface area contributed by atoms with E-state index in [1.54, 1.807) is 0 Å². The molecule has 0 heterocycles. The SMILES string of the molecule is CC(O)[CH2][Na].O=[PH](O)O. The fourth-order valence-corrected chi connectivity index (χ4v) is 0. The quantitative estimate of drug-likeness (QED) is 0.354. The normalized spacial score (nSPS) is 12.3. The van der Waals surface area contributed by atoms with E-state index < -0.39 is 8.25 Å². The molecule has 3 N–H and O–H groups in total. The van der Waals surface area contributed by atoms with Gasteiger partial charge in [-0.05, 0) is 0 Å². The number of hydrogen-bond donors (Lipinski definition) is 3. The number of aliphatic hydroxyl groups is 1. The summed E-state index contributed by atoms with van der Waals surface area (Å²) in [7, 11) is -3.13. The standard InChI is InChI=1S/C3H7O.Na.H3O3P/c1-3(2)4;;1-4(2)3/h3-4H,1H2,2H3;;4H,(H2,1,2,3). The molecule has 0 bridgehead atoms. The van der Waals surface area contributed by atoms with Crippen LogP contribution in [-0.4, -0.2) is 48.9 Å². The summed E-state index contributed by atoms with van der Waals surface area (Å²) in [6.07, 6.45) is -0.0540. The van der Waals surface area contributed by atoms with Gasteiger partial charge in [-0.15, -0.1) is 0 Å². The van der Waals surface area contributed by atoms with Crippen molar-refractivity contribution >= 4 is 36.2 Å². The summed E-state index contributed by atoms with van der Waals surface area (Å²) in [5.41, 5.74) is 0. The first-order valence-electron chi connectivity index (χ1n) is 2.60. The molecule has 0 aromatic heterocycles. The van der Waals surface area contributed by atoms with Crippen LogP contribution in [0.2, 0.25) is 3.67 Å². The summed E-state index contributed by atoms with van der Waals surface area (Å²) in [5, 5.41) is 8.40. The molecule has 52 valence electrons. The Morgan fingerprint density at radius 3 is 1.78 bits per heavy atom. The smallest absolute Gasteiger partial charge is 0.314 e. The van der Waals surface area contributed by atoms with Gasteiger partial charge in [0.25, 0.3) is 0 Å². The molecule has 0 saturated carbocycles. The molecular weight excluding hydrogens is 154 g/mol. The van der Waals surface area contributed by atoms with Gasteiger partial charge in [0.15, 0.2) is 0 Å². The van der Waals surface area contributed by atoms with Crippen molar-refractivity contribution in [1.82, 2.24) is 0 Å². The van der Waals surface area contributed by atoms with E-state index in [2.05, 4.69) is 0 Å². The van der Waals surface area contributed by atoms with E-state index in [1.165, 1.54) is 0 Å². The zero-order chi connectivity index (χ0) is 7.86. The van der Waals surface area contributed by atoms with Gasteiger partial charge in [-0.25, -0.2) is 0 Å². The molecule has 0 radical (unpaired) electrons. The molecule has 0 aromatic carbocycles. The Hall–Kier alpha value is 1.11. The van der Waals surface area contributed by atoms with Gasteiger partial charge >= 0.3 is 58.0 Å². The summed E-state index contributed by atoms with van der Waals surface area (Å²) in [6.45, 7) is 1.81. The van der Waals surface area contributed by atoms with E-state index in [9.17, 15) is 0 Å². The summed E-state index contributed by atoms with van der Waals surface area (Å²) >= 11 is 1.12. The monoisotopic (exact) mass is 164 g/mol. The van der Waals surface area contributed by atoms with Crippen LogP contribution < -0.4 is 0 Å². The number of hydrogen-bond acceptors (Lipinski definition) is 2. The van der Waals surface area contributed by atoms with E-state index in [-0.39, 0.29) is 6.10 Å². The van der Waals surface area contributed by atoms with Gasteiger partial charge in [-0.1, -0.05) is 0 Å². The van der Waals surface area contributed by atoms with Crippen LogP contribution in [0, 0.1) is 0 Å². The van der Waals surface area contributed by atoms with E-state index in [0.29, 0.717) is 0 Å². The third kappa shape index (κ3) is 47.6. The molecule has 4 nitrogen and oxygen atoms in total. The van der Waals surface area contributed by atoms with E-state index in [0.717, 1.165) is 31.6 Å². The Balaban J connectivity index is 0. The second-order valence-corrected chi connectivity index (χ2v) is 2.92. The van der Waals surface area contributed by atoms with Crippen molar-refractivity contribution < 1.29 is 19.5 Å². The van der Waals surface area contributed by atoms with Gasteiger partial charge in [0.1, 0.15) is 0 Å². The second kappa shape index (κ2) is 9.11. The number of rotatable bonds is 1. The first-order chi connectivity index (χ1) is 4.00. The molecule has 0 spiro atoms. The molecule has 9 heavy (non-hydrogen) atoms. The average Bonchev–Trinajstić information content (AvgIpc) is 1.65. The third-order valence-corrected chi connectivity index (χ3v) is 1.77. The molecule has 0 amide bonds. The largest absolute Gasteiger partial charge is 0.326 e. The van der Waals surface area contributed by atoms with Crippen LogP contribution in [0.25, 0.3) is 0 Å². The molecule has 0 aliphatic heterocycles. The Morgan fingerprint density at radius 2 is 1.78 bits per heavy atom. The zero-order valence-corrected chi connectivity index (χ0v) is 8.53. The minimum absolute atomic E-state index is 0.0540. The maximum absolute atomic E-state index is 8.74. The predicted octanol–water partition coefficient (Wildman–Crippen LogP) is -0.685. The van der Waals surface area contributed by atoms with Crippen LogP contribution >= 0.6 is 8.25 Å². The van der Waals surface area contributed by atoms with Crippen LogP contribution in [0.15, 0.2) is 0 Å². The molecule has 1 atom stereocenters. The predicted molar refractivity (Wildman–Crippen MR) is 35.7 cm³/mol. The summed E-state index contributed by atoms with van der Waals surface area (Å²) in [6, 6.07) is 0. The first kappa shape index (κ1) is 12.8. The molecule has 0 aliphatic rings. The van der Waals surface area contributed by atoms with Crippen molar-refractivity contribution in [3.8, 4) is 0 Å². The molecule has 1 unspecified atom stereocenters. The van der Waals surface area contributed by atoms with E-state index >= 15 is 0 Å². The van der Waals surface area contributed by atoms with Crippen LogP contribution in [0.5, 0.6) is 0 Å². The van der Waals surface area contributed by atoms with E-state index in [1.807, 2.05) is 6.92 Å². The molecule has 0 aliphatic carbocycles. The molecular formula is C3H10NaO4P. The Labute approximate surface area is 72.3 Å². The van der Waals surface area contributed by atoms with Gasteiger partial charge in [0, 0.05) is 0 Å². The second-order valence-electron chi connectivity index (χ2n) is 1.54. The Kier molecular flexibility index (Phi) is 12.9. The molecule has 0 aromatic rings. The molecule has 6 heteroatoms. The maximum atomic E-state index is 8.74. The fourth-order valence-electron chi connectivity index (χ4n) is 0. The van der Waals surface area contributed by atoms with Gasteiger partial charge < -0.3 is 9.79 Å². The van der Waals surface area contributed by atoms with E-state index in [4.69, 9.17) is 19.5 Å². The molecule has 0 saturated heterocycles. The van der Waals surface area contributed by atoms with Gasteiger partial charge in [-0.2, -0.15) is 0 Å². The number of aliphatic hydroxyl groups excluding tert-OH is 1. The van der Waals surface area contributed by atoms with Gasteiger partial charge in [0.05, 0.1) is 0 Å². The van der Waals surface area contributed by atoms with Crippen molar-refractivity contribution in [3.63, 3.8) is 0 Å². The first-order valence-corrected chi connectivity index (χ1v) is 5.32. The van der Waals surface area contributed by atoms with Crippen LogP contribution in [0.3, 0.4) is 0 Å². The minimum atomic E-state index is -3.13. The van der Waals surface area contributed by atoms with Crippen molar-refractivity contribution in [2.75, 3.05) is 0 Å². The van der Waals surface area contributed by atoms with Crippen molar-refractivity contribution in [3.05, 3.63) is 0 Å². The van der Waals surface area contributed by atoms with Crippen molar-refractivity contribution in [1.29, 1.82) is 0 Å². The molecule has 0 fully saturated rings. The summed E-state index contributed by atoms with van der Waals surface area (Å²) in [4.78, 5) is 14.3. The summed E-state index contributed by atoms with van der Waals surface area (Å²) in [5.74, 6) is 0. The van der Waals surface area contributed by atoms with Gasteiger partial charge in [-0.3, -0.25) is 4.57 Å². The van der Waals surface area contributed by atoms with Crippen LogP contribution in [0.4, 0.5) is 0 Å². The maximum Gasteiger partial charge on any atom is 0.314 e. The Bertz CT molecular complexity index is 72.2. The summed E-state index contributed by atoms with van der Waals surface area (Å²) < 4.78 is 9.74. The van der Waals surface area contributed by atoms with Crippen molar-refractivity contribution in [2.45, 2.75) is 16.7 Å². The topological polar surface area (TPSA) is 77.8 Å². The minimum Gasteiger partial charge on any atom is -0.326 e. The third-order valence-electron chi connectivity index (χ3n) is 0.591. The molecule has 0 rings (SSSR count).